The molecule has 1 aromatic heterocycles. The Kier molecular flexibility index (Phi) is 7.24. The second-order valence-electron chi connectivity index (χ2n) is 7.90. The molecular weight excluding hydrogens is 420 g/mol. The molecule has 0 saturated carbocycles. The van der Waals surface area contributed by atoms with Crippen molar-refractivity contribution in [2.24, 2.45) is 0 Å². The highest BCUT2D eigenvalue weighted by Crippen LogP contribution is 2.36. The van der Waals surface area contributed by atoms with E-state index in [1.54, 1.807) is 13.3 Å². The third-order valence-electron chi connectivity index (χ3n) is 5.96. The van der Waals surface area contributed by atoms with E-state index in [1.807, 2.05) is 54.3 Å². The van der Waals surface area contributed by atoms with Crippen LogP contribution in [0.2, 0.25) is 0 Å². The Morgan fingerprint density at radius 1 is 0.939 bits per heavy atom. The van der Waals surface area contributed by atoms with E-state index in [2.05, 4.69) is 9.88 Å². The summed E-state index contributed by atoms with van der Waals surface area (Å²) in [6.45, 7) is 6.04. The first kappa shape index (κ1) is 22.8. The van der Waals surface area contributed by atoms with E-state index in [9.17, 15) is 9.59 Å². The molecule has 0 bridgehead atoms. The first-order chi connectivity index (χ1) is 16.2. The van der Waals surface area contributed by atoms with Crippen molar-refractivity contribution in [2.45, 2.75) is 13.3 Å². The van der Waals surface area contributed by atoms with Crippen LogP contribution < -0.4 is 9.64 Å². The summed E-state index contributed by atoms with van der Waals surface area (Å²) in [5.74, 6) is 0.976. The van der Waals surface area contributed by atoms with Gasteiger partial charge in [0.05, 0.1) is 12.7 Å². The fourth-order valence-corrected chi connectivity index (χ4v) is 4.32. The van der Waals surface area contributed by atoms with Crippen LogP contribution in [0.4, 0.5) is 5.82 Å². The van der Waals surface area contributed by atoms with Crippen molar-refractivity contribution in [3.63, 3.8) is 0 Å². The molecule has 0 atom stereocenters. The highest BCUT2D eigenvalue weighted by atomic mass is 16.5. The van der Waals surface area contributed by atoms with E-state index >= 15 is 0 Å². The maximum absolute atomic E-state index is 13.5. The maximum atomic E-state index is 13.5. The minimum atomic E-state index is -0.275. The number of methoxy groups -OCH3 is 1. The summed E-state index contributed by atoms with van der Waals surface area (Å²) < 4.78 is 10.9. The second kappa shape index (κ2) is 10.5. The number of benzene rings is 1. The highest BCUT2D eigenvalue weighted by Gasteiger charge is 2.42. The fourth-order valence-electron chi connectivity index (χ4n) is 4.32. The number of pyridine rings is 1. The third-order valence-corrected chi connectivity index (χ3v) is 5.96. The van der Waals surface area contributed by atoms with Gasteiger partial charge in [-0.15, -0.1) is 0 Å². The molecule has 2 aliphatic heterocycles. The standard InChI is InChI=1S/C25H30N4O4/c1-3-33-18-8-13-29-24(30)22(19-9-4-5-10-20(19)32-2)23(25(29)31)28-16-14-27(15-17-28)21-11-6-7-12-26-21/h4-7,9-12H,3,8,13-18H2,1-2H3. The van der Waals surface area contributed by atoms with Gasteiger partial charge in [0, 0.05) is 57.7 Å². The summed E-state index contributed by atoms with van der Waals surface area (Å²) in [6, 6.07) is 13.2. The van der Waals surface area contributed by atoms with Crippen LogP contribution in [0.25, 0.3) is 5.57 Å². The van der Waals surface area contributed by atoms with Crippen LogP contribution in [0.15, 0.2) is 54.4 Å². The van der Waals surface area contributed by atoms with Crippen LogP contribution in [-0.2, 0) is 14.3 Å². The van der Waals surface area contributed by atoms with Crippen molar-refractivity contribution >= 4 is 23.2 Å². The van der Waals surface area contributed by atoms with Gasteiger partial charge in [0.1, 0.15) is 17.3 Å². The van der Waals surface area contributed by atoms with Crippen LogP contribution in [0.5, 0.6) is 5.75 Å². The van der Waals surface area contributed by atoms with Crippen molar-refractivity contribution in [1.29, 1.82) is 0 Å². The molecule has 2 amide bonds. The van der Waals surface area contributed by atoms with Gasteiger partial charge in [-0.05, 0) is 31.5 Å². The van der Waals surface area contributed by atoms with E-state index < -0.39 is 0 Å². The maximum Gasteiger partial charge on any atom is 0.277 e. The van der Waals surface area contributed by atoms with Crippen molar-refractivity contribution in [1.82, 2.24) is 14.8 Å². The number of rotatable bonds is 9. The number of carbonyl (C=O) groups is 2. The molecule has 4 rings (SSSR count). The van der Waals surface area contributed by atoms with Crippen LogP contribution in [-0.4, -0.2) is 79.6 Å². The van der Waals surface area contributed by atoms with Gasteiger partial charge in [0.15, 0.2) is 0 Å². The Hall–Kier alpha value is -3.39. The third kappa shape index (κ3) is 4.71. The summed E-state index contributed by atoms with van der Waals surface area (Å²) in [5, 5.41) is 0. The summed E-state index contributed by atoms with van der Waals surface area (Å²) in [7, 11) is 1.58. The number of amides is 2. The number of para-hydroxylation sites is 1. The van der Waals surface area contributed by atoms with Gasteiger partial charge in [-0.25, -0.2) is 4.98 Å². The number of ether oxygens (including phenoxy) is 2. The summed E-state index contributed by atoms with van der Waals surface area (Å²) in [6.07, 6.45) is 2.38. The van der Waals surface area contributed by atoms with Gasteiger partial charge in [0.25, 0.3) is 11.8 Å². The number of hydrogen-bond donors (Lipinski definition) is 0. The lowest BCUT2D eigenvalue weighted by Gasteiger charge is -2.37. The van der Waals surface area contributed by atoms with Crippen LogP contribution in [0.1, 0.15) is 18.9 Å². The Labute approximate surface area is 194 Å². The Morgan fingerprint density at radius 2 is 1.67 bits per heavy atom. The van der Waals surface area contributed by atoms with E-state index in [0.29, 0.717) is 74.9 Å². The van der Waals surface area contributed by atoms with Crippen LogP contribution in [0.3, 0.4) is 0 Å². The Balaban J connectivity index is 1.62. The molecule has 33 heavy (non-hydrogen) atoms. The smallest absolute Gasteiger partial charge is 0.277 e. The molecule has 8 heteroatoms. The predicted molar refractivity (Wildman–Crippen MR) is 126 cm³/mol. The average Bonchev–Trinajstić information content (AvgIpc) is 3.11. The highest BCUT2D eigenvalue weighted by molar-refractivity contribution is 6.36. The molecule has 1 saturated heterocycles. The topological polar surface area (TPSA) is 75.2 Å². The van der Waals surface area contributed by atoms with Crippen molar-refractivity contribution in [3.8, 4) is 5.75 Å². The number of nitrogens with zero attached hydrogens (tertiary/aromatic N) is 4. The fraction of sp³-hybridized carbons (Fsp3) is 0.400. The molecule has 1 fully saturated rings. The van der Waals surface area contributed by atoms with Crippen LogP contribution >= 0.6 is 0 Å². The Bertz CT molecular complexity index is 1020. The Morgan fingerprint density at radius 3 is 2.36 bits per heavy atom. The molecule has 0 spiro atoms. The van der Waals surface area contributed by atoms with Crippen molar-refractivity contribution < 1.29 is 19.1 Å². The molecule has 8 nitrogen and oxygen atoms in total. The lowest BCUT2D eigenvalue weighted by atomic mass is 10.0. The second-order valence-corrected chi connectivity index (χ2v) is 7.90. The van der Waals surface area contributed by atoms with E-state index in [1.165, 1.54) is 4.90 Å². The first-order valence-corrected chi connectivity index (χ1v) is 11.4. The van der Waals surface area contributed by atoms with Gasteiger partial charge >= 0.3 is 0 Å². The SMILES string of the molecule is CCOCCCN1C(=O)C(c2ccccc2OC)=C(N2CCN(c3ccccn3)CC2)C1=O. The molecule has 174 valence electrons. The quantitative estimate of drug-likeness (QED) is 0.429. The van der Waals surface area contributed by atoms with Crippen LogP contribution in [0, 0.1) is 0 Å². The molecule has 3 heterocycles. The zero-order valence-electron chi connectivity index (χ0n) is 19.2. The van der Waals surface area contributed by atoms with Gasteiger partial charge in [-0.2, -0.15) is 0 Å². The number of imide groups is 1. The average molecular weight is 451 g/mol. The molecule has 0 N–H and O–H groups in total. The monoisotopic (exact) mass is 450 g/mol. The zero-order chi connectivity index (χ0) is 23.2. The predicted octanol–water partition coefficient (Wildman–Crippen LogP) is 2.42. The summed E-state index contributed by atoms with van der Waals surface area (Å²) >= 11 is 0. The van der Waals surface area contributed by atoms with Gasteiger partial charge in [0.2, 0.25) is 0 Å². The lowest BCUT2D eigenvalue weighted by Crippen LogP contribution is -2.48. The van der Waals surface area contributed by atoms with Gasteiger partial charge < -0.3 is 19.3 Å². The molecule has 0 radical (unpaired) electrons. The van der Waals surface area contributed by atoms with Gasteiger partial charge in [-0.1, -0.05) is 24.3 Å². The molecule has 2 aliphatic rings. The minimum Gasteiger partial charge on any atom is -0.496 e. The summed E-state index contributed by atoms with van der Waals surface area (Å²) in [5.41, 5.74) is 1.52. The molecule has 2 aromatic rings. The molecule has 0 unspecified atom stereocenters. The van der Waals surface area contributed by atoms with E-state index in [0.717, 1.165) is 5.82 Å². The lowest BCUT2D eigenvalue weighted by molar-refractivity contribution is -0.137. The molecular formula is C25H30N4O4. The number of anilines is 1. The number of aromatic nitrogens is 1. The van der Waals surface area contributed by atoms with Crippen molar-refractivity contribution in [3.05, 3.63) is 59.9 Å². The van der Waals surface area contributed by atoms with E-state index in [-0.39, 0.29) is 11.8 Å². The number of hydrogen-bond acceptors (Lipinski definition) is 7. The van der Waals surface area contributed by atoms with Gasteiger partial charge in [-0.3, -0.25) is 14.5 Å². The van der Waals surface area contributed by atoms with Crippen molar-refractivity contribution in [2.75, 3.05) is 57.9 Å². The molecule has 0 aliphatic carbocycles. The first-order valence-electron chi connectivity index (χ1n) is 11.4. The number of carbonyl (C=O) groups excluding carboxylic acids is 2. The summed E-state index contributed by atoms with van der Waals surface area (Å²) in [4.78, 5) is 37.0. The minimum absolute atomic E-state index is 0.247. The van der Waals surface area contributed by atoms with E-state index in [4.69, 9.17) is 9.47 Å². The molecule has 1 aromatic carbocycles. The normalized spacial score (nSPS) is 16.7. The zero-order valence-corrected chi connectivity index (χ0v) is 19.2. The number of piperazine rings is 1. The largest absolute Gasteiger partial charge is 0.496 e.